The molecule has 0 radical (unpaired) electrons. The van der Waals surface area contributed by atoms with Crippen LogP contribution in [-0.2, 0) is 4.79 Å². The van der Waals surface area contributed by atoms with Gasteiger partial charge in [0.25, 0.3) is 0 Å². The average molecular weight is 232 g/mol. The molecule has 1 rings (SSSR count). The van der Waals surface area contributed by atoms with Gasteiger partial charge in [-0.2, -0.15) is 0 Å². The second-order valence-corrected chi connectivity index (χ2v) is 5.18. The van der Waals surface area contributed by atoms with Crippen molar-refractivity contribution >= 4 is 5.97 Å². The maximum Gasteiger partial charge on any atom is 0.315 e. The first-order valence-electron chi connectivity index (χ1n) is 5.83. The number of carbonyl (C=O) groups excluding carboxylic acids is 1. The molecule has 2 nitrogen and oxygen atoms in total. The zero-order chi connectivity index (χ0) is 12.9. The molecule has 0 amide bonds. The molecule has 0 bridgehead atoms. The molecule has 0 N–H and O–H groups in total. The summed E-state index contributed by atoms with van der Waals surface area (Å²) in [6, 6.07) is 9.16. The summed E-state index contributed by atoms with van der Waals surface area (Å²) in [4.78, 5) is 12.1. The predicted molar refractivity (Wildman–Crippen MR) is 69.8 cm³/mol. The van der Waals surface area contributed by atoms with Crippen LogP contribution < -0.4 is 4.74 Å². The third kappa shape index (κ3) is 4.06. The Morgan fingerprint density at radius 2 is 1.94 bits per heavy atom. The van der Waals surface area contributed by atoms with E-state index in [4.69, 9.17) is 4.74 Å². The minimum Gasteiger partial charge on any atom is -0.426 e. The lowest BCUT2D eigenvalue weighted by Gasteiger charge is -2.27. The van der Waals surface area contributed by atoms with Crippen molar-refractivity contribution < 1.29 is 9.53 Å². The number of hydrogen-bond acceptors (Lipinski definition) is 2. The third-order valence-electron chi connectivity index (χ3n) is 2.69. The summed E-state index contributed by atoms with van der Waals surface area (Å²) in [6.45, 7) is 9.80. The van der Waals surface area contributed by atoms with Crippen LogP contribution in [0.1, 0.15) is 27.2 Å². The Morgan fingerprint density at radius 1 is 1.35 bits per heavy atom. The quantitative estimate of drug-likeness (QED) is 0.448. The zero-order valence-electron chi connectivity index (χ0n) is 10.8. The van der Waals surface area contributed by atoms with Crippen LogP contribution >= 0.6 is 0 Å². The zero-order valence-corrected chi connectivity index (χ0v) is 10.8. The summed E-state index contributed by atoms with van der Waals surface area (Å²) in [6.07, 6.45) is 2.40. The van der Waals surface area contributed by atoms with Crippen LogP contribution in [0.5, 0.6) is 5.75 Å². The molecule has 1 unspecified atom stereocenters. The van der Waals surface area contributed by atoms with Gasteiger partial charge in [0, 0.05) is 0 Å². The smallest absolute Gasteiger partial charge is 0.315 e. The minimum atomic E-state index is -0.191. The van der Waals surface area contributed by atoms with Gasteiger partial charge in [-0.1, -0.05) is 45.0 Å². The summed E-state index contributed by atoms with van der Waals surface area (Å²) >= 11 is 0. The minimum absolute atomic E-state index is 0.125. The topological polar surface area (TPSA) is 26.3 Å². The van der Waals surface area contributed by atoms with Crippen LogP contribution in [-0.4, -0.2) is 5.97 Å². The summed E-state index contributed by atoms with van der Waals surface area (Å²) < 4.78 is 5.37. The Bertz CT molecular complexity index is 374. The average Bonchev–Trinajstić information content (AvgIpc) is 2.25. The fourth-order valence-electron chi connectivity index (χ4n) is 1.65. The van der Waals surface area contributed by atoms with E-state index in [1.807, 2.05) is 39.0 Å². The van der Waals surface area contributed by atoms with Crippen LogP contribution in [0, 0.1) is 11.3 Å². The number of para-hydroxylation sites is 1. The first-order chi connectivity index (χ1) is 7.95. The van der Waals surface area contributed by atoms with E-state index in [-0.39, 0.29) is 17.3 Å². The molecule has 0 fully saturated rings. The molecule has 0 aliphatic heterocycles. The summed E-state index contributed by atoms with van der Waals surface area (Å²) in [5.41, 5.74) is -0.125. The molecule has 0 aliphatic rings. The SMILES string of the molecule is C=CCC(C(=O)Oc1ccccc1)C(C)(C)C. The van der Waals surface area contributed by atoms with Gasteiger partial charge in [-0.15, -0.1) is 6.58 Å². The predicted octanol–water partition coefficient (Wildman–Crippen LogP) is 3.83. The number of hydrogen-bond donors (Lipinski definition) is 0. The maximum absolute atomic E-state index is 12.1. The van der Waals surface area contributed by atoms with E-state index in [2.05, 4.69) is 6.58 Å². The Morgan fingerprint density at radius 3 is 2.41 bits per heavy atom. The van der Waals surface area contributed by atoms with E-state index in [0.29, 0.717) is 12.2 Å². The molecule has 0 saturated carbocycles. The molecule has 0 spiro atoms. The van der Waals surface area contributed by atoms with E-state index in [1.165, 1.54) is 0 Å². The number of esters is 1. The Labute approximate surface area is 103 Å². The fourth-order valence-corrected chi connectivity index (χ4v) is 1.65. The maximum atomic E-state index is 12.1. The number of allylic oxidation sites excluding steroid dienone is 1. The lowest BCUT2D eigenvalue weighted by molar-refractivity contribution is -0.142. The van der Waals surface area contributed by atoms with Gasteiger partial charge in [0.1, 0.15) is 5.75 Å². The van der Waals surface area contributed by atoms with Crippen molar-refractivity contribution in [2.45, 2.75) is 27.2 Å². The van der Waals surface area contributed by atoms with Crippen molar-refractivity contribution in [2.24, 2.45) is 11.3 Å². The highest BCUT2D eigenvalue weighted by molar-refractivity contribution is 5.76. The molecule has 0 saturated heterocycles. The van der Waals surface area contributed by atoms with Gasteiger partial charge in [0.2, 0.25) is 0 Å². The van der Waals surface area contributed by atoms with Gasteiger partial charge in [-0.05, 0) is 24.0 Å². The monoisotopic (exact) mass is 232 g/mol. The number of ether oxygens (including phenoxy) is 1. The molecular formula is C15H20O2. The molecule has 0 heterocycles. The van der Waals surface area contributed by atoms with Gasteiger partial charge in [-0.25, -0.2) is 0 Å². The Hall–Kier alpha value is -1.57. The van der Waals surface area contributed by atoms with Gasteiger partial charge < -0.3 is 4.74 Å². The molecule has 0 aliphatic carbocycles. The lowest BCUT2D eigenvalue weighted by atomic mass is 9.79. The van der Waals surface area contributed by atoms with E-state index in [0.717, 1.165) is 0 Å². The van der Waals surface area contributed by atoms with Crippen LogP contribution in [0.25, 0.3) is 0 Å². The van der Waals surface area contributed by atoms with Crippen molar-refractivity contribution in [3.8, 4) is 5.75 Å². The number of carbonyl (C=O) groups is 1. The molecule has 1 aromatic rings. The van der Waals surface area contributed by atoms with Crippen LogP contribution in [0.3, 0.4) is 0 Å². The largest absolute Gasteiger partial charge is 0.426 e. The van der Waals surface area contributed by atoms with Crippen molar-refractivity contribution in [3.05, 3.63) is 43.0 Å². The van der Waals surface area contributed by atoms with Gasteiger partial charge in [0.15, 0.2) is 0 Å². The summed E-state index contributed by atoms with van der Waals surface area (Å²) in [7, 11) is 0. The molecular weight excluding hydrogens is 212 g/mol. The third-order valence-corrected chi connectivity index (χ3v) is 2.69. The lowest BCUT2D eigenvalue weighted by Crippen LogP contribution is -2.31. The first-order valence-corrected chi connectivity index (χ1v) is 5.83. The van der Waals surface area contributed by atoms with E-state index >= 15 is 0 Å². The van der Waals surface area contributed by atoms with Crippen LogP contribution in [0.2, 0.25) is 0 Å². The molecule has 17 heavy (non-hydrogen) atoms. The summed E-state index contributed by atoms with van der Waals surface area (Å²) in [5, 5.41) is 0. The Balaban J connectivity index is 2.76. The van der Waals surface area contributed by atoms with Crippen LogP contribution in [0.4, 0.5) is 0 Å². The molecule has 92 valence electrons. The van der Waals surface area contributed by atoms with Crippen molar-refractivity contribution in [2.75, 3.05) is 0 Å². The van der Waals surface area contributed by atoms with Crippen molar-refractivity contribution in [1.29, 1.82) is 0 Å². The molecule has 1 atom stereocenters. The van der Waals surface area contributed by atoms with Gasteiger partial charge in [0.05, 0.1) is 5.92 Å². The van der Waals surface area contributed by atoms with E-state index in [1.54, 1.807) is 18.2 Å². The van der Waals surface area contributed by atoms with E-state index in [9.17, 15) is 4.79 Å². The highest BCUT2D eigenvalue weighted by Gasteiger charge is 2.31. The molecule has 0 aromatic heterocycles. The molecule has 2 heteroatoms. The summed E-state index contributed by atoms with van der Waals surface area (Å²) in [5.74, 6) is 0.236. The fraction of sp³-hybridized carbons (Fsp3) is 0.400. The van der Waals surface area contributed by atoms with E-state index < -0.39 is 0 Å². The van der Waals surface area contributed by atoms with Gasteiger partial charge >= 0.3 is 5.97 Å². The normalized spacial score (nSPS) is 12.9. The van der Waals surface area contributed by atoms with Crippen LogP contribution in [0.15, 0.2) is 43.0 Å². The van der Waals surface area contributed by atoms with Crippen molar-refractivity contribution in [1.82, 2.24) is 0 Å². The second kappa shape index (κ2) is 5.67. The van der Waals surface area contributed by atoms with Gasteiger partial charge in [-0.3, -0.25) is 4.79 Å². The highest BCUT2D eigenvalue weighted by atomic mass is 16.5. The standard InChI is InChI=1S/C15H20O2/c1-5-9-13(15(2,3)4)14(16)17-12-10-7-6-8-11-12/h5-8,10-11,13H,1,9H2,2-4H3. The second-order valence-electron chi connectivity index (χ2n) is 5.18. The number of rotatable bonds is 4. The number of benzene rings is 1. The molecule has 1 aromatic carbocycles. The Kier molecular flexibility index (Phi) is 4.50. The highest BCUT2D eigenvalue weighted by Crippen LogP contribution is 2.30. The first kappa shape index (κ1) is 13.5. The van der Waals surface area contributed by atoms with Crippen molar-refractivity contribution in [3.63, 3.8) is 0 Å².